The van der Waals surface area contributed by atoms with Gasteiger partial charge in [-0.15, -0.1) is 0 Å². The van der Waals surface area contributed by atoms with Crippen molar-refractivity contribution in [2.75, 3.05) is 13.2 Å². The molecule has 0 aliphatic rings. The number of halogens is 1. The lowest BCUT2D eigenvalue weighted by atomic mass is 10.2. The van der Waals surface area contributed by atoms with Crippen LogP contribution >= 0.6 is 0 Å². The van der Waals surface area contributed by atoms with Gasteiger partial charge in [-0.25, -0.2) is 4.98 Å². The fourth-order valence-corrected chi connectivity index (χ4v) is 1.05. The first-order valence-corrected chi connectivity index (χ1v) is 4.74. The highest BCUT2D eigenvalue weighted by Gasteiger charge is 2.04. The fraction of sp³-hybridized carbons (Fsp3) is 0.400. The number of carbonyl (C=O) groups excluding carboxylic acids is 1. The van der Waals surface area contributed by atoms with E-state index in [1.807, 2.05) is 0 Å². The second-order valence-corrected chi connectivity index (χ2v) is 3.06. The van der Waals surface area contributed by atoms with E-state index in [9.17, 15) is 9.18 Å². The van der Waals surface area contributed by atoms with E-state index in [0.29, 0.717) is 18.5 Å². The lowest BCUT2D eigenvalue weighted by Gasteiger charge is -2.03. The lowest BCUT2D eigenvalue weighted by Crippen LogP contribution is -2.24. The Morgan fingerprint density at radius 3 is 2.87 bits per heavy atom. The number of carbonyl (C=O) groups is 1. The van der Waals surface area contributed by atoms with Crippen molar-refractivity contribution in [3.63, 3.8) is 0 Å². The Bertz CT molecular complexity index is 314. The molecule has 0 aliphatic heterocycles. The van der Waals surface area contributed by atoms with Crippen LogP contribution in [-0.2, 0) is 0 Å². The van der Waals surface area contributed by atoms with Crippen LogP contribution < -0.4 is 5.32 Å². The van der Waals surface area contributed by atoms with Crippen molar-refractivity contribution in [2.24, 2.45) is 0 Å². The molecular weight excluding hydrogens is 199 g/mol. The SMILES string of the molecule is O=C(NCCCCO)c1ccc(F)nc1. The van der Waals surface area contributed by atoms with Gasteiger partial charge in [0.25, 0.3) is 5.91 Å². The molecule has 0 radical (unpaired) electrons. The zero-order valence-electron chi connectivity index (χ0n) is 8.24. The summed E-state index contributed by atoms with van der Waals surface area (Å²) >= 11 is 0. The van der Waals surface area contributed by atoms with Crippen molar-refractivity contribution in [2.45, 2.75) is 12.8 Å². The molecule has 82 valence electrons. The number of aliphatic hydroxyl groups is 1. The van der Waals surface area contributed by atoms with Gasteiger partial charge >= 0.3 is 0 Å². The number of nitrogens with one attached hydrogen (secondary N) is 1. The Hall–Kier alpha value is -1.49. The quantitative estimate of drug-likeness (QED) is 0.558. The minimum Gasteiger partial charge on any atom is -0.396 e. The van der Waals surface area contributed by atoms with Gasteiger partial charge in [-0.05, 0) is 25.0 Å². The maximum absolute atomic E-state index is 12.4. The number of aliphatic hydroxyl groups excluding tert-OH is 1. The number of amides is 1. The van der Waals surface area contributed by atoms with E-state index in [0.717, 1.165) is 12.5 Å². The van der Waals surface area contributed by atoms with Gasteiger partial charge in [0, 0.05) is 19.3 Å². The Morgan fingerprint density at radius 2 is 2.27 bits per heavy atom. The molecule has 1 aromatic rings. The van der Waals surface area contributed by atoms with Crippen molar-refractivity contribution >= 4 is 5.91 Å². The van der Waals surface area contributed by atoms with Gasteiger partial charge in [-0.3, -0.25) is 4.79 Å². The standard InChI is InChI=1S/C10H13FN2O2/c11-9-4-3-8(7-13-9)10(15)12-5-1-2-6-14/h3-4,7,14H,1-2,5-6H2,(H,12,15). The molecule has 0 saturated carbocycles. The Labute approximate surface area is 87.1 Å². The smallest absolute Gasteiger partial charge is 0.252 e. The van der Waals surface area contributed by atoms with Gasteiger partial charge in [0.2, 0.25) is 5.95 Å². The number of hydrogen-bond acceptors (Lipinski definition) is 3. The third-order valence-corrected chi connectivity index (χ3v) is 1.86. The summed E-state index contributed by atoms with van der Waals surface area (Å²) in [5.74, 6) is -0.882. The van der Waals surface area contributed by atoms with Crippen LogP contribution in [-0.4, -0.2) is 29.1 Å². The predicted octanol–water partition coefficient (Wildman–Crippen LogP) is 0.723. The Kier molecular flexibility index (Phi) is 4.70. The average Bonchev–Trinajstić information content (AvgIpc) is 2.25. The molecule has 1 rings (SSSR count). The van der Waals surface area contributed by atoms with Gasteiger partial charge in [-0.2, -0.15) is 4.39 Å². The molecule has 0 atom stereocenters. The summed E-state index contributed by atoms with van der Waals surface area (Å²) in [7, 11) is 0. The van der Waals surface area contributed by atoms with E-state index < -0.39 is 5.95 Å². The molecule has 1 amide bonds. The number of rotatable bonds is 5. The summed E-state index contributed by atoms with van der Waals surface area (Å²) in [5.41, 5.74) is 0.334. The molecule has 0 fully saturated rings. The zero-order chi connectivity index (χ0) is 11.1. The van der Waals surface area contributed by atoms with Crippen molar-refractivity contribution in [1.29, 1.82) is 0 Å². The van der Waals surface area contributed by atoms with Crippen LogP contribution in [0.15, 0.2) is 18.3 Å². The number of nitrogens with zero attached hydrogens (tertiary/aromatic N) is 1. The molecule has 0 aromatic carbocycles. The normalized spacial score (nSPS) is 10.0. The molecule has 5 heteroatoms. The molecule has 15 heavy (non-hydrogen) atoms. The van der Waals surface area contributed by atoms with Gasteiger partial charge in [0.1, 0.15) is 0 Å². The second-order valence-electron chi connectivity index (χ2n) is 3.06. The van der Waals surface area contributed by atoms with E-state index in [-0.39, 0.29) is 12.5 Å². The molecule has 4 nitrogen and oxygen atoms in total. The van der Waals surface area contributed by atoms with Crippen LogP contribution in [0.5, 0.6) is 0 Å². The first-order chi connectivity index (χ1) is 7.24. The Balaban J connectivity index is 2.37. The third kappa shape index (κ3) is 4.03. The summed E-state index contributed by atoms with van der Waals surface area (Å²) < 4.78 is 12.4. The predicted molar refractivity (Wildman–Crippen MR) is 52.8 cm³/mol. The molecule has 1 heterocycles. The number of unbranched alkanes of at least 4 members (excludes halogenated alkanes) is 1. The first kappa shape index (κ1) is 11.6. The number of hydrogen-bond donors (Lipinski definition) is 2. The van der Waals surface area contributed by atoms with Crippen LogP contribution in [0.2, 0.25) is 0 Å². The van der Waals surface area contributed by atoms with Crippen molar-refractivity contribution in [1.82, 2.24) is 10.3 Å². The number of pyridine rings is 1. The van der Waals surface area contributed by atoms with E-state index in [4.69, 9.17) is 5.11 Å². The van der Waals surface area contributed by atoms with E-state index in [2.05, 4.69) is 10.3 Å². The van der Waals surface area contributed by atoms with Crippen LogP contribution in [0.25, 0.3) is 0 Å². The third-order valence-electron chi connectivity index (χ3n) is 1.86. The monoisotopic (exact) mass is 212 g/mol. The van der Waals surface area contributed by atoms with Crippen LogP contribution in [0, 0.1) is 5.95 Å². The molecule has 0 bridgehead atoms. The largest absolute Gasteiger partial charge is 0.396 e. The van der Waals surface area contributed by atoms with Gasteiger partial charge in [-0.1, -0.05) is 0 Å². The highest BCUT2D eigenvalue weighted by atomic mass is 19.1. The molecule has 0 spiro atoms. The highest BCUT2D eigenvalue weighted by molar-refractivity contribution is 5.93. The molecule has 1 aromatic heterocycles. The van der Waals surface area contributed by atoms with Gasteiger partial charge in [0.05, 0.1) is 5.56 Å². The van der Waals surface area contributed by atoms with Crippen molar-refractivity contribution in [3.05, 3.63) is 29.8 Å². The van der Waals surface area contributed by atoms with Crippen molar-refractivity contribution in [3.8, 4) is 0 Å². The van der Waals surface area contributed by atoms with Crippen LogP contribution in [0.3, 0.4) is 0 Å². The summed E-state index contributed by atoms with van der Waals surface area (Å²) in [5, 5.41) is 11.2. The summed E-state index contributed by atoms with van der Waals surface area (Å²) in [6.07, 6.45) is 2.57. The topological polar surface area (TPSA) is 62.2 Å². The maximum Gasteiger partial charge on any atom is 0.252 e. The van der Waals surface area contributed by atoms with E-state index in [1.54, 1.807) is 0 Å². The average molecular weight is 212 g/mol. The van der Waals surface area contributed by atoms with Crippen LogP contribution in [0.1, 0.15) is 23.2 Å². The molecule has 2 N–H and O–H groups in total. The molecular formula is C10H13FN2O2. The lowest BCUT2D eigenvalue weighted by molar-refractivity contribution is 0.0951. The highest BCUT2D eigenvalue weighted by Crippen LogP contribution is 1.98. The Morgan fingerprint density at radius 1 is 1.47 bits per heavy atom. The summed E-state index contributed by atoms with van der Waals surface area (Å²) in [6, 6.07) is 2.52. The molecule has 0 unspecified atom stereocenters. The second kappa shape index (κ2) is 6.08. The van der Waals surface area contributed by atoms with Gasteiger partial charge in [0.15, 0.2) is 0 Å². The molecule has 0 saturated heterocycles. The zero-order valence-corrected chi connectivity index (χ0v) is 8.24. The minimum atomic E-state index is -0.605. The summed E-state index contributed by atoms with van der Waals surface area (Å²) in [6.45, 7) is 0.616. The maximum atomic E-state index is 12.4. The number of aromatic nitrogens is 1. The van der Waals surface area contributed by atoms with Crippen molar-refractivity contribution < 1.29 is 14.3 Å². The van der Waals surface area contributed by atoms with E-state index >= 15 is 0 Å². The minimum absolute atomic E-state index is 0.119. The van der Waals surface area contributed by atoms with Crippen LogP contribution in [0.4, 0.5) is 4.39 Å². The fourth-order valence-electron chi connectivity index (χ4n) is 1.05. The molecule has 0 aliphatic carbocycles. The summed E-state index contributed by atoms with van der Waals surface area (Å²) in [4.78, 5) is 14.8. The van der Waals surface area contributed by atoms with E-state index in [1.165, 1.54) is 12.3 Å². The first-order valence-electron chi connectivity index (χ1n) is 4.74. The van der Waals surface area contributed by atoms with Gasteiger partial charge < -0.3 is 10.4 Å².